The molecule has 17 heavy (non-hydrogen) atoms. The van der Waals surface area contributed by atoms with E-state index >= 15 is 0 Å². The Balaban J connectivity index is 2.40. The molecule has 2 aromatic rings. The fourth-order valence-corrected chi connectivity index (χ4v) is 1.98. The highest BCUT2D eigenvalue weighted by molar-refractivity contribution is 9.10. The van der Waals surface area contributed by atoms with Crippen molar-refractivity contribution in [1.82, 2.24) is 0 Å². The van der Waals surface area contributed by atoms with Crippen LogP contribution in [0.3, 0.4) is 0 Å². The minimum atomic E-state index is -0.418. The van der Waals surface area contributed by atoms with Crippen molar-refractivity contribution < 1.29 is 9.18 Å². The van der Waals surface area contributed by atoms with Gasteiger partial charge in [-0.25, -0.2) is 4.39 Å². The Morgan fingerprint density at radius 3 is 2.35 bits per heavy atom. The van der Waals surface area contributed by atoms with Crippen molar-refractivity contribution in [3.63, 3.8) is 0 Å². The Labute approximate surface area is 107 Å². The zero-order valence-electron chi connectivity index (χ0n) is 8.94. The van der Waals surface area contributed by atoms with Gasteiger partial charge in [-0.3, -0.25) is 0 Å². The van der Waals surface area contributed by atoms with E-state index in [1.807, 2.05) is 24.3 Å². The van der Waals surface area contributed by atoms with Gasteiger partial charge in [0, 0.05) is 4.47 Å². The Kier molecular flexibility index (Phi) is 3.69. The first-order valence-corrected chi connectivity index (χ1v) is 5.96. The second kappa shape index (κ2) is 5.23. The van der Waals surface area contributed by atoms with Crippen LogP contribution in [0.15, 0.2) is 53.0 Å². The molecule has 0 spiro atoms. The SMILES string of the molecule is O=CC(c1ccc(Br)cc1)c1cccc(F)c1. The third kappa shape index (κ3) is 2.80. The van der Waals surface area contributed by atoms with Crippen molar-refractivity contribution in [3.05, 3.63) is 69.9 Å². The van der Waals surface area contributed by atoms with Gasteiger partial charge >= 0.3 is 0 Å². The van der Waals surface area contributed by atoms with Crippen LogP contribution in [0.5, 0.6) is 0 Å². The van der Waals surface area contributed by atoms with Crippen LogP contribution in [0.25, 0.3) is 0 Å². The van der Waals surface area contributed by atoms with E-state index in [4.69, 9.17) is 0 Å². The molecule has 2 aromatic carbocycles. The molecule has 0 aliphatic carbocycles. The Bertz CT molecular complexity index is 522. The highest BCUT2D eigenvalue weighted by atomic mass is 79.9. The fourth-order valence-electron chi connectivity index (χ4n) is 1.72. The minimum absolute atomic E-state index is 0.327. The summed E-state index contributed by atoms with van der Waals surface area (Å²) in [5, 5.41) is 0. The Morgan fingerprint density at radius 2 is 1.76 bits per heavy atom. The summed E-state index contributed by atoms with van der Waals surface area (Å²) in [4.78, 5) is 11.2. The van der Waals surface area contributed by atoms with E-state index in [9.17, 15) is 9.18 Å². The van der Waals surface area contributed by atoms with E-state index < -0.39 is 5.92 Å². The summed E-state index contributed by atoms with van der Waals surface area (Å²) in [5.74, 6) is -0.745. The number of benzene rings is 2. The molecule has 0 aliphatic rings. The van der Waals surface area contributed by atoms with Gasteiger partial charge in [-0.2, -0.15) is 0 Å². The van der Waals surface area contributed by atoms with Crippen LogP contribution in [0.1, 0.15) is 17.0 Å². The number of aldehydes is 1. The molecule has 2 rings (SSSR count). The number of hydrogen-bond donors (Lipinski definition) is 0. The number of carbonyl (C=O) groups is 1. The van der Waals surface area contributed by atoms with Gasteiger partial charge in [-0.15, -0.1) is 0 Å². The first kappa shape index (κ1) is 12.0. The van der Waals surface area contributed by atoms with E-state index in [1.165, 1.54) is 12.1 Å². The first-order chi connectivity index (χ1) is 8.20. The van der Waals surface area contributed by atoms with Gasteiger partial charge in [-0.1, -0.05) is 40.2 Å². The van der Waals surface area contributed by atoms with Crippen LogP contribution in [-0.4, -0.2) is 6.29 Å². The second-order valence-corrected chi connectivity index (χ2v) is 4.64. The van der Waals surface area contributed by atoms with Gasteiger partial charge in [0.05, 0.1) is 5.92 Å². The molecular formula is C14H10BrFO. The van der Waals surface area contributed by atoms with Crippen molar-refractivity contribution in [2.45, 2.75) is 5.92 Å². The monoisotopic (exact) mass is 292 g/mol. The summed E-state index contributed by atoms with van der Waals surface area (Å²) in [6.45, 7) is 0. The van der Waals surface area contributed by atoms with E-state index in [0.717, 1.165) is 16.3 Å². The Hall–Kier alpha value is -1.48. The molecule has 1 unspecified atom stereocenters. The van der Waals surface area contributed by atoms with Crippen molar-refractivity contribution >= 4 is 22.2 Å². The molecule has 3 heteroatoms. The molecular weight excluding hydrogens is 283 g/mol. The maximum atomic E-state index is 13.1. The van der Waals surface area contributed by atoms with E-state index in [1.54, 1.807) is 12.1 Å². The average Bonchev–Trinajstić information content (AvgIpc) is 2.33. The number of hydrogen-bond acceptors (Lipinski definition) is 1. The summed E-state index contributed by atoms with van der Waals surface area (Å²) in [5.41, 5.74) is 1.52. The molecule has 0 aliphatic heterocycles. The van der Waals surface area contributed by atoms with Crippen molar-refractivity contribution in [1.29, 1.82) is 0 Å². The lowest BCUT2D eigenvalue weighted by Crippen LogP contribution is -2.02. The van der Waals surface area contributed by atoms with Gasteiger partial charge in [0.25, 0.3) is 0 Å². The van der Waals surface area contributed by atoms with Crippen LogP contribution in [-0.2, 0) is 4.79 Å². The maximum Gasteiger partial charge on any atom is 0.131 e. The Morgan fingerprint density at radius 1 is 1.06 bits per heavy atom. The quantitative estimate of drug-likeness (QED) is 0.784. The summed E-state index contributed by atoms with van der Waals surface area (Å²) < 4.78 is 14.1. The van der Waals surface area contributed by atoms with Gasteiger partial charge < -0.3 is 4.79 Å². The normalized spacial score (nSPS) is 12.1. The lowest BCUT2D eigenvalue weighted by atomic mass is 9.93. The zero-order valence-corrected chi connectivity index (χ0v) is 10.5. The van der Waals surface area contributed by atoms with Crippen LogP contribution in [0.2, 0.25) is 0 Å². The minimum Gasteiger partial charge on any atom is -0.302 e. The van der Waals surface area contributed by atoms with Gasteiger partial charge in [0.2, 0.25) is 0 Å². The zero-order chi connectivity index (χ0) is 12.3. The highest BCUT2D eigenvalue weighted by Gasteiger charge is 2.13. The van der Waals surface area contributed by atoms with E-state index in [-0.39, 0.29) is 5.82 Å². The van der Waals surface area contributed by atoms with Crippen molar-refractivity contribution in [3.8, 4) is 0 Å². The molecule has 86 valence electrons. The molecule has 0 aromatic heterocycles. The first-order valence-electron chi connectivity index (χ1n) is 5.17. The smallest absolute Gasteiger partial charge is 0.131 e. The fraction of sp³-hybridized carbons (Fsp3) is 0.0714. The molecule has 0 saturated heterocycles. The lowest BCUT2D eigenvalue weighted by molar-refractivity contribution is -0.108. The number of rotatable bonds is 3. The molecule has 0 fully saturated rings. The van der Waals surface area contributed by atoms with E-state index in [0.29, 0.717) is 5.56 Å². The van der Waals surface area contributed by atoms with E-state index in [2.05, 4.69) is 15.9 Å². The second-order valence-electron chi connectivity index (χ2n) is 3.72. The average molecular weight is 293 g/mol. The largest absolute Gasteiger partial charge is 0.302 e. The number of carbonyl (C=O) groups excluding carboxylic acids is 1. The van der Waals surface area contributed by atoms with Gasteiger partial charge in [-0.05, 0) is 35.4 Å². The summed E-state index contributed by atoms with van der Waals surface area (Å²) in [6, 6.07) is 13.6. The molecule has 1 atom stereocenters. The predicted molar refractivity (Wildman–Crippen MR) is 68.4 cm³/mol. The molecule has 0 saturated carbocycles. The molecule has 1 nitrogen and oxygen atoms in total. The van der Waals surface area contributed by atoms with Crippen LogP contribution >= 0.6 is 15.9 Å². The lowest BCUT2D eigenvalue weighted by Gasteiger charge is -2.11. The predicted octanol–water partition coefficient (Wildman–Crippen LogP) is 3.92. The molecule has 0 amide bonds. The van der Waals surface area contributed by atoms with Crippen LogP contribution in [0.4, 0.5) is 4.39 Å². The van der Waals surface area contributed by atoms with Crippen LogP contribution in [0, 0.1) is 5.82 Å². The van der Waals surface area contributed by atoms with Gasteiger partial charge in [0.15, 0.2) is 0 Å². The van der Waals surface area contributed by atoms with Crippen molar-refractivity contribution in [2.75, 3.05) is 0 Å². The maximum absolute atomic E-state index is 13.1. The number of halogens is 2. The van der Waals surface area contributed by atoms with Crippen molar-refractivity contribution in [2.24, 2.45) is 0 Å². The summed E-state index contributed by atoms with van der Waals surface area (Å²) in [6.07, 6.45) is 0.831. The molecule has 0 N–H and O–H groups in total. The molecule has 0 heterocycles. The highest BCUT2D eigenvalue weighted by Crippen LogP contribution is 2.24. The molecule has 0 bridgehead atoms. The summed E-state index contributed by atoms with van der Waals surface area (Å²) in [7, 11) is 0. The molecule has 0 radical (unpaired) electrons. The van der Waals surface area contributed by atoms with Crippen LogP contribution < -0.4 is 0 Å². The summed E-state index contributed by atoms with van der Waals surface area (Å²) >= 11 is 3.34. The third-order valence-corrected chi connectivity index (χ3v) is 3.10. The standard InChI is InChI=1S/C14H10BrFO/c15-12-6-4-10(5-7-12)14(9-17)11-2-1-3-13(16)8-11/h1-9,14H. The van der Waals surface area contributed by atoms with Gasteiger partial charge in [0.1, 0.15) is 12.1 Å². The topological polar surface area (TPSA) is 17.1 Å². The third-order valence-electron chi connectivity index (χ3n) is 2.57.